The van der Waals surface area contributed by atoms with Crippen molar-refractivity contribution in [1.29, 1.82) is 0 Å². The number of carbonyl (C=O) groups excluding carboxylic acids is 1. The van der Waals surface area contributed by atoms with E-state index in [0.717, 1.165) is 45.2 Å². The molecular weight excluding hydrogens is 474 g/mol. The lowest BCUT2D eigenvalue weighted by Crippen LogP contribution is -2.35. The summed E-state index contributed by atoms with van der Waals surface area (Å²) in [6, 6.07) is 21.2. The maximum atomic E-state index is 13.0. The molecule has 38 heavy (non-hydrogen) atoms. The van der Waals surface area contributed by atoms with E-state index >= 15 is 0 Å². The maximum Gasteiger partial charge on any atom is 0.256 e. The molecule has 0 N–H and O–H groups in total. The Labute approximate surface area is 223 Å². The van der Waals surface area contributed by atoms with Gasteiger partial charge in [0.25, 0.3) is 5.91 Å². The molecule has 6 heteroatoms. The third kappa shape index (κ3) is 4.64. The number of hydrogen-bond donors (Lipinski definition) is 0. The molecule has 0 aliphatic carbocycles. The Morgan fingerprint density at radius 1 is 0.895 bits per heavy atom. The van der Waals surface area contributed by atoms with Gasteiger partial charge in [0.15, 0.2) is 11.5 Å². The molecule has 1 saturated heterocycles. The fourth-order valence-electron chi connectivity index (χ4n) is 5.95. The molecular formula is C32H35N3O3. The van der Waals surface area contributed by atoms with Crippen molar-refractivity contribution in [2.24, 2.45) is 4.99 Å². The van der Waals surface area contributed by atoms with Crippen LogP contribution >= 0.6 is 0 Å². The van der Waals surface area contributed by atoms with Gasteiger partial charge >= 0.3 is 0 Å². The lowest BCUT2D eigenvalue weighted by atomic mass is 10.1. The molecule has 1 aromatic heterocycles. The number of methoxy groups -OCH3 is 1. The molecule has 0 unspecified atom stereocenters. The number of ether oxygens (including phenoxy) is 2. The average Bonchev–Trinajstić information content (AvgIpc) is 3.52. The van der Waals surface area contributed by atoms with E-state index < -0.39 is 0 Å². The predicted octanol–water partition coefficient (Wildman–Crippen LogP) is 7.15. The van der Waals surface area contributed by atoms with Crippen LogP contribution in [-0.2, 0) is 6.54 Å². The van der Waals surface area contributed by atoms with Gasteiger partial charge in [0.2, 0.25) is 0 Å². The minimum atomic E-state index is 0.0331. The summed E-state index contributed by atoms with van der Waals surface area (Å²) < 4.78 is 14.1. The number of benzene rings is 3. The summed E-state index contributed by atoms with van der Waals surface area (Å²) in [4.78, 5) is 19.6. The highest BCUT2D eigenvalue weighted by molar-refractivity contribution is 6.08. The minimum absolute atomic E-state index is 0.0331. The fourth-order valence-corrected chi connectivity index (χ4v) is 5.95. The van der Waals surface area contributed by atoms with E-state index in [1.807, 2.05) is 17.2 Å². The molecule has 196 valence electrons. The topological polar surface area (TPSA) is 56.1 Å². The van der Waals surface area contributed by atoms with Crippen LogP contribution in [-0.4, -0.2) is 47.9 Å². The Hall–Kier alpha value is -3.80. The summed E-state index contributed by atoms with van der Waals surface area (Å²) in [5.74, 6) is 1.28. The zero-order valence-corrected chi connectivity index (χ0v) is 22.1. The molecule has 1 fully saturated rings. The highest BCUT2D eigenvalue weighted by Crippen LogP contribution is 2.38. The number of para-hydroxylation sites is 2. The summed E-state index contributed by atoms with van der Waals surface area (Å²) in [5, 5.41) is 2.67. The Morgan fingerprint density at radius 3 is 2.37 bits per heavy atom. The molecule has 6 rings (SSSR count). The molecule has 0 saturated carbocycles. The van der Waals surface area contributed by atoms with Crippen molar-refractivity contribution in [3.63, 3.8) is 0 Å². The number of amides is 1. The number of fused-ring (bicyclic) bond motifs is 5. The van der Waals surface area contributed by atoms with Crippen molar-refractivity contribution in [2.45, 2.75) is 57.5 Å². The van der Waals surface area contributed by atoms with Gasteiger partial charge in [-0.15, -0.1) is 0 Å². The van der Waals surface area contributed by atoms with Crippen LogP contribution in [0.2, 0.25) is 0 Å². The summed E-state index contributed by atoms with van der Waals surface area (Å²) in [6.45, 7) is 2.44. The molecule has 2 aliphatic heterocycles. The van der Waals surface area contributed by atoms with Gasteiger partial charge < -0.3 is 18.9 Å². The van der Waals surface area contributed by atoms with Crippen molar-refractivity contribution in [1.82, 2.24) is 9.47 Å². The van der Waals surface area contributed by atoms with Crippen LogP contribution in [0.3, 0.4) is 0 Å². The molecule has 2 aliphatic rings. The SMILES string of the molecule is COc1cc2c(cc1OCCCCCCCn1c3ccccc3c3ccccc31)N=C[C@@H]1CCCN1C2=O. The van der Waals surface area contributed by atoms with Gasteiger partial charge in [0, 0.05) is 47.2 Å². The number of nitrogens with zero attached hydrogens (tertiary/aromatic N) is 3. The van der Waals surface area contributed by atoms with Gasteiger partial charge in [-0.2, -0.15) is 0 Å². The first-order chi connectivity index (χ1) is 18.7. The monoisotopic (exact) mass is 509 g/mol. The molecule has 6 nitrogen and oxygen atoms in total. The largest absolute Gasteiger partial charge is 0.493 e. The first-order valence-electron chi connectivity index (χ1n) is 13.9. The van der Waals surface area contributed by atoms with Gasteiger partial charge in [-0.25, -0.2) is 0 Å². The zero-order chi connectivity index (χ0) is 25.9. The van der Waals surface area contributed by atoms with Gasteiger partial charge in [0.1, 0.15) is 0 Å². The molecule has 4 aromatic rings. The Bertz CT molecular complexity index is 1440. The van der Waals surface area contributed by atoms with Gasteiger partial charge in [0.05, 0.1) is 31.0 Å². The lowest BCUT2D eigenvalue weighted by molar-refractivity contribution is 0.0774. The number of hydrogen-bond acceptors (Lipinski definition) is 4. The fraction of sp³-hybridized carbons (Fsp3) is 0.375. The van der Waals surface area contributed by atoms with Crippen molar-refractivity contribution in [3.8, 4) is 11.5 Å². The van der Waals surface area contributed by atoms with E-state index in [1.165, 1.54) is 34.6 Å². The number of unbranched alkanes of at least 4 members (excludes halogenated alkanes) is 4. The molecule has 0 radical (unpaired) electrons. The van der Waals surface area contributed by atoms with E-state index in [2.05, 4.69) is 58.1 Å². The predicted molar refractivity (Wildman–Crippen MR) is 153 cm³/mol. The zero-order valence-electron chi connectivity index (χ0n) is 22.1. The highest BCUT2D eigenvalue weighted by Gasteiger charge is 2.32. The van der Waals surface area contributed by atoms with Crippen LogP contribution in [0.15, 0.2) is 65.7 Å². The van der Waals surface area contributed by atoms with Crippen LogP contribution < -0.4 is 9.47 Å². The summed E-state index contributed by atoms with van der Waals surface area (Å²) in [5.41, 5.74) is 3.91. The second-order valence-electron chi connectivity index (χ2n) is 10.3. The van der Waals surface area contributed by atoms with Crippen LogP contribution in [0.1, 0.15) is 55.3 Å². The standard InChI is InChI=1S/C32H35N3O3/c1-37-30-20-26-27(33-22-23-12-11-18-34(23)32(26)36)21-31(30)38-19-10-4-2-3-9-17-35-28-15-7-5-13-24(28)25-14-6-8-16-29(25)35/h5-8,13-16,20-23H,2-4,9-12,17-19H2,1H3/t23-/m0/s1. The normalized spacial score (nSPS) is 16.6. The quantitative estimate of drug-likeness (QED) is 0.213. The molecule has 3 heterocycles. The van der Waals surface area contributed by atoms with Crippen molar-refractivity contribution >= 4 is 39.6 Å². The van der Waals surface area contributed by atoms with Gasteiger partial charge in [-0.1, -0.05) is 55.7 Å². The second kappa shape index (κ2) is 10.9. The van der Waals surface area contributed by atoms with Crippen molar-refractivity contribution in [2.75, 3.05) is 20.3 Å². The molecule has 1 amide bonds. The second-order valence-corrected chi connectivity index (χ2v) is 10.3. The number of aliphatic imine (C=N–C) groups is 1. The molecule has 0 spiro atoms. The number of aromatic nitrogens is 1. The third-order valence-electron chi connectivity index (χ3n) is 7.92. The van der Waals surface area contributed by atoms with Crippen LogP contribution in [0.4, 0.5) is 5.69 Å². The van der Waals surface area contributed by atoms with E-state index in [0.29, 0.717) is 29.4 Å². The van der Waals surface area contributed by atoms with Gasteiger partial charge in [-0.3, -0.25) is 9.79 Å². The van der Waals surface area contributed by atoms with Crippen molar-refractivity contribution in [3.05, 3.63) is 66.2 Å². The Morgan fingerprint density at radius 2 is 1.61 bits per heavy atom. The van der Waals surface area contributed by atoms with Gasteiger partial charge in [-0.05, 0) is 43.9 Å². The van der Waals surface area contributed by atoms with Crippen LogP contribution in [0, 0.1) is 0 Å². The first-order valence-corrected chi connectivity index (χ1v) is 13.9. The Balaban J connectivity index is 1.00. The van der Waals surface area contributed by atoms with Crippen LogP contribution in [0.25, 0.3) is 21.8 Å². The molecule has 0 bridgehead atoms. The number of aryl methyl sites for hydroxylation is 1. The van der Waals surface area contributed by atoms with E-state index in [9.17, 15) is 4.79 Å². The van der Waals surface area contributed by atoms with E-state index in [1.54, 1.807) is 13.2 Å². The molecule has 1 atom stereocenters. The maximum absolute atomic E-state index is 13.0. The summed E-state index contributed by atoms with van der Waals surface area (Å²) >= 11 is 0. The summed E-state index contributed by atoms with van der Waals surface area (Å²) in [6.07, 6.45) is 9.54. The van der Waals surface area contributed by atoms with E-state index in [-0.39, 0.29) is 11.9 Å². The number of rotatable bonds is 10. The number of carbonyl (C=O) groups is 1. The van der Waals surface area contributed by atoms with Crippen LogP contribution in [0.5, 0.6) is 11.5 Å². The lowest BCUT2D eigenvalue weighted by Gasteiger charge is -2.20. The minimum Gasteiger partial charge on any atom is -0.493 e. The Kier molecular flexibility index (Phi) is 7.04. The first kappa shape index (κ1) is 24.5. The molecule has 3 aromatic carbocycles. The third-order valence-corrected chi connectivity index (χ3v) is 7.92. The smallest absolute Gasteiger partial charge is 0.256 e. The van der Waals surface area contributed by atoms with Crippen molar-refractivity contribution < 1.29 is 14.3 Å². The summed E-state index contributed by atoms with van der Waals surface area (Å²) in [7, 11) is 1.62. The average molecular weight is 510 g/mol. The highest BCUT2D eigenvalue weighted by atomic mass is 16.5. The van der Waals surface area contributed by atoms with E-state index in [4.69, 9.17) is 9.47 Å².